The fraction of sp³-hybridized carbons (Fsp3) is 0.233. The summed E-state index contributed by atoms with van der Waals surface area (Å²) in [6.45, 7) is 4.79. The molecule has 0 unspecified atom stereocenters. The Morgan fingerprint density at radius 3 is 2.27 bits per heavy atom. The van der Waals surface area contributed by atoms with Crippen LogP contribution < -0.4 is 16.0 Å². The van der Waals surface area contributed by atoms with Crippen molar-refractivity contribution in [2.24, 2.45) is 5.92 Å². The smallest absolute Gasteiger partial charge is 0.272 e. The van der Waals surface area contributed by atoms with Crippen molar-refractivity contribution in [2.75, 3.05) is 24.4 Å². The molecule has 3 amide bonds. The minimum atomic E-state index is -0.388. The zero-order valence-corrected chi connectivity index (χ0v) is 23.9. The molecule has 3 aromatic carbocycles. The molecule has 4 rings (SSSR count). The van der Waals surface area contributed by atoms with Crippen molar-refractivity contribution >= 4 is 63.2 Å². The molecular formula is C30H30Cl2N4O4. The van der Waals surface area contributed by atoms with Crippen molar-refractivity contribution < 1.29 is 19.1 Å². The molecule has 1 heterocycles. The second kappa shape index (κ2) is 13.0. The molecule has 0 saturated heterocycles. The lowest BCUT2D eigenvalue weighted by atomic mass is 10.1. The Morgan fingerprint density at radius 1 is 0.875 bits per heavy atom. The van der Waals surface area contributed by atoms with E-state index in [1.54, 1.807) is 67.8 Å². The first-order chi connectivity index (χ1) is 19.2. The van der Waals surface area contributed by atoms with Gasteiger partial charge in [-0.15, -0.1) is 0 Å². The van der Waals surface area contributed by atoms with Gasteiger partial charge in [0.25, 0.3) is 11.8 Å². The van der Waals surface area contributed by atoms with E-state index in [1.807, 2.05) is 24.5 Å². The van der Waals surface area contributed by atoms with Gasteiger partial charge >= 0.3 is 0 Å². The summed E-state index contributed by atoms with van der Waals surface area (Å²) in [5.74, 6) is -0.888. The van der Waals surface area contributed by atoms with Crippen molar-refractivity contribution in [3.63, 3.8) is 0 Å². The minimum Gasteiger partial charge on any atom is -0.383 e. The van der Waals surface area contributed by atoms with Crippen molar-refractivity contribution in [2.45, 2.75) is 26.9 Å². The Labute approximate surface area is 242 Å². The Morgan fingerprint density at radius 2 is 1.57 bits per heavy atom. The fourth-order valence-electron chi connectivity index (χ4n) is 4.14. The van der Waals surface area contributed by atoms with E-state index in [9.17, 15) is 14.4 Å². The molecule has 10 heteroatoms. The van der Waals surface area contributed by atoms with Gasteiger partial charge in [-0.05, 0) is 66.2 Å². The summed E-state index contributed by atoms with van der Waals surface area (Å²) in [6, 6.07) is 19.1. The predicted octanol–water partition coefficient (Wildman–Crippen LogP) is 6.37. The average molecular weight is 582 g/mol. The predicted molar refractivity (Wildman–Crippen MR) is 159 cm³/mol. The molecule has 40 heavy (non-hydrogen) atoms. The second-order valence-corrected chi connectivity index (χ2v) is 10.4. The van der Waals surface area contributed by atoms with Crippen LogP contribution in [0.25, 0.3) is 10.9 Å². The molecule has 1 aromatic heterocycles. The van der Waals surface area contributed by atoms with Gasteiger partial charge in [0.2, 0.25) is 5.91 Å². The van der Waals surface area contributed by atoms with Crippen LogP contribution in [0.2, 0.25) is 10.0 Å². The molecule has 0 aliphatic heterocycles. The van der Waals surface area contributed by atoms with Crippen molar-refractivity contribution in [3.8, 4) is 0 Å². The SMILES string of the molecule is COCCn1c(C(=O)Nc2ccc(Cl)cc2)cc2cc(NC(=O)c3cc(CNC(=O)C(C)C)ccc3Cl)ccc21. The lowest BCUT2D eigenvalue weighted by Crippen LogP contribution is -2.27. The number of nitrogens with zero attached hydrogens (tertiary/aromatic N) is 1. The number of carbonyl (C=O) groups is 3. The molecule has 0 bridgehead atoms. The summed E-state index contributed by atoms with van der Waals surface area (Å²) in [5.41, 5.74) is 3.47. The zero-order valence-electron chi connectivity index (χ0n) is 22.4. The largest absolute Gasteiger partial charge is 0.383 e. The number of hydrogen-bond donors (Lipinski definition) is 3. The van der Waals surface area contributed by atoms with Crippen LogP contribution in [0.15, 0.2) is 66.7 Å². The summed E-state index contributed by atoms with van der Waals surface area (Å²) < 4.78 is 7.14. The maximum atomic E-state index is 13.2. The Kier molecular flexibility index (Phi) is 9.47. The number of carbonyl (C=O) groups excluding carboxylic acids is 3. The van der Waals surface area contributed by atoms with E-state index in [-0.39, 0.29) is 30.2 Å². The molecule has 8 nitrogen and oxygen atoms in total. The van der Waals surface area contributed by atoms with Crippen LogP contribution in [0.1, 0.15) is 40.3 Å². The molecule has 0 aliphatic rings. The van der Waals surface area contributed by atoms with E-state index in [0.717, 1.165) is 16.5 Å². The van der Waals surface area contributed by atoms with E-state index in [4.69, 9.17) is 27.9 Å². The van der Waals surface area contributed by atoms with Crippen LogP contribution in [0, 0.1) is 5.92 Å². The van der Waals surface area contributed by atoms with E-state index >= 15 is 0 Å². The highest BCUT2D eigenvalue weighted by atomic mass is 35.5. The van der Waals surface area contributed by atoms with Crippen LogP contribution in [0.4, 0.5) is 11.4 Å². The first-order valence-electron chi connectivity index (χ1n) is 12.7. The molecule has 0 aliphatic carbocycles. The summed E-state index contributed by atoms with van der Waals surface area (Å²) in [4.78, 5) is 38.3. The first kappa shape index (κ1) is 29.1. The van der Waals surface area contributed by atoms with Gasteiger partial charge in [-0.25, -0.2) is 0 Å². The number of nitrogens with one attached hydrogen (secondary N) is 3. The number of rotatable bonds is 10. The molecule has 0 spiro atoms. The number of hydrogen-bond acceptors (Lipinski definition) is 4. The van der Waals surface area contributed by atoms with Gasteiger partial charge in [0, 0.05) is 53.4 Å². The quantitative estimate of drug-likeness (QED) is 0.203. The fourth-order valence-corrected chi connectivity index (χ4v) is 4.47. The summed E-state index contributed by atoms with van der Waals surface area (Å²) in [6.07, 6.45) is 0. The summed E-state index contributed by atoms with van der Waals surface area (Å²) >= 11 is 12.3. The lowest BCUT2D eigenvalue weighted by molar-refractivity contribution is -0.124. The standard InChI is InChI=1S/C30H30Cl2N4O4/c1-18(2)28(37)33-17-19-4-10-25(32)24(14-19)29(38)35-23-9-11-26-20(15-23)16-27(36(26)12-13-40-3)30(39)34-22-7-5-21(31)6-8-22/h4-11,14-16,18H,12-13,17H2,1-3H3,(H,33,37)(H,34,39)(H,35,38). The average Bonchev–Trinajstić information content (AvgIpc) is 3.30. The third-order valence-electron chi connectivity index (χ3n) is 6.28. The van der Waals surface area contributed by atoms with Gasteiger partial charge in [-0.1, -0.05) is 43.1 Å². The Hall–Kier alpha value is -3.85. The highest BCUT2D eigenvalue weighted by Gasteiger charge is 2.18. The minimum absolute atomic E-state index is 0.0760. The highest BCUT2D eigenvalue weighted by Crippen LogP contribution is 2.26. The van der Waals surface area contributed by atoms with E-state index in [2.05, 4.69) is 16.0 Å². The summed E-state index contributed by atoms with van der Waals surface area (Å²) in [7, 11) is 1.60. The number of fused-ring (bicyclic) bond motifs is 1. The Balaban J connectivity index is 1.56. The number of amides is 3. The number of aromatic nitrogens is 1. The molecule has 3 N–H and O–H groups in total. The van der Waals surface area contributed by atoms with Crippen LogP contribution in [-0.2, 0) is 22.6 Å². The number of halogens is 2. The van der Waals surface area contributed by atoms with Gasteiger partial charge in [-0.2, -0.15) is 0 Å². The van der Waals surface area contributed by atoms with E-state index in [1.165, 1.54) is 0 Å². The Bertz CT molecular complexity index is 1550. The van der Waals surface area contributed by atoms with Crippen LogP contribution >= 0.6 is 23.2 Å². The van der Waals surface area contributed by atoms with Crippen molar-refractivity contribution in [1.82, 2.24) is 9.88 Å². The van der Waals surface area contributed by atoms with Gasteiger partial charge in [0.1, 0.15) is 5.69 Å². The lowest BCUT2D eigenvalue weighted by Gasteiger charge is -2.12. The van der Waals surface area contributed by atoms with Crippen LogP contribution in [0.5, 0.6) is 0 Å². The van der Waals surface area contributed by atoms with E-state index in [0.29, 0.717) is 45.8 Å². The van der Waals surface area contributed by atoms with Gasteiger partial charge in [0.15, 0.2) is 0 Å². The van der Waals surface area contributed by atoms with Gasteiger partial charge < -0.3 is 25.3 Å². The molecule has 208 valence electrons. The highest BCUT2D eigenvalue weighted by molar-refractivity contribution is 6.34. The van der Waals surface area contributed by atoms with Crippen LogP contribution in [-0.4, -0.2) is 36.0 Å². The zero-order chi connectivity index (χ0) is 28.8. The summed E-state index contributed by atoms with van der Waals surface area (Å²) in [5, 5.41) is 10.3. The maximum Gasteiger partial charge on any atom is 0.272 e. The molecule has 4 aromatic rings. The molecular weight excluding hydrogens is 551 g/mol. The molecule has 0 radical (unpaired) electrons. The molecule has 0 fully saturated rings. The van der Waals surface area contributed by atoms with Crippen molar-refractivity contribution in [3.05, 3.63) is 93.6 Å². The third kappa shape index (κ3) is 7.01. The second-order valence-electron chi connectivity index (χ2n) is 9.55. The normalized spacial score (nSPS) is 11.1. The number of ether oxygens (including phenoxy) is 1. The maximum absolute atomic E-state index is 13.2. The van der Waals surface area contributed by atoms with E-state index < -0.39 is 0 Å². The number of anilines is 2. The number of benzene rings is 3. The number of methoxy groups -OCH3 is 1. The topological polar surface area (TPSA) is 101 Å². The van der Waals surface area contributed by atoms with Gasteiger partial charge in [0.05, 0.1) is 17.2 Å². The third-order valence-corrected chi connectivity index (χ3v) is 6.86. The van der Waals surface area contributed by atoms with Crippen molar-refractivity contribution in [1.29, 1.82) is 0 Å². The monoisotopic (exact) mass is 580 g/mol. The van der Waals surface area contributed by atoms with Gasteiger partial charge in [-0.3, -0.25) is 14.4 Å². The molecule has 0 atom stereocenters. The molecule has 0 saturated carbocycles. The first-order valence-corrected chi connectivity index (χ1v) is 13.5. The van der Waals surface area contributed by atoms with Crippen LogP contribution in [0.3, 0.4) is 0 Å².